The number of aliphatic hydroxyl groups excluding tert-OH is 1. The number of rotatable bonds is 1. The molecule has 0 radical (unpaired) electrons. The summed E-state index contributed by atoms with van der Waals surface area (Å²) in [6.45, 7) is 1.22. The molecule has 2 aromatic carbocycles. The van der Waals surface area contributed by atoms with Gasteiger partial charge in [-0.05, 0) is 30.2 Å². The van der Waals surface area contributed by atoms with Crippen molar-refractivity contribution in [1.82, 2.24) is 4.90 Å². The average Bonchev–Trinajstić information content (AvgIpc) is 2.90. The monoisotopic (exact) mass is 328 g/mol. The van der Waals surface area contributed by atoms with Crippen molar-refractivity contribution < 1.29 is 9.90 Å². The van der Waals surface area contributed by atoms with Crippen molar-refractivity contribution in [3.8, 4) is 0 Å². The number of nitrogens with zero attached hydrogens (tertiary/aromatic N) is 2. The molecule has 23 heavy (non-hydrogen) atoms. The second kappa shape index (κ2) is 5.64. The fourth-order valence-corrected chi connectivity index (χ4v) is 3.61. The van der Waals surface area contributed by atoms with Crippen molar-refractivity contribution in [2.24, 2.45) is 0 Å². The van der Waals surface area contributed by atoms with Crippen molar-refractivity contribution in [1.29, 1.82) is 0 Å². The second-order valence-corrected chi connectivity index (χ2v) is 6.47. The summed E-state index contributed by atoms with van der Waals surface area (Å²) in [7, 11) is 0. The number of amides is 1. The third-order valence-electron chi connectivity index (χ3n) is 4.65. The van der Waals surface area contributed by atoms with Gasteiger partial charge >= 0.3 is 0 Å². The molecule has 2 aliphatic heterocycles. The highest BCUT2D eigenvalue weighted by Gasteiger charge is 2.42. The molecule has 1 saturated heterocycles. The Morgan fingerprint density at radius 1 is 1.09 bits per heavy atom. The first-order valence-corrected chi connectivity index (χ1v) is 8.11. The summed E-state index contributed by atoms with van der Waals surface area (Å²) in [5.74, 6) is 0.0499. The van der Waals surface area contributed by atoms with E-state index >= 15 is 0 Å². The third kappa shape index (κ3) is 2.43. The lowest BCUT2D eigenvalue weighted by Crippen LogP contribution is -2.31. The molecule has 1 fully saturated rings. The van der Waals surface area contributed by atoms with E-state index in [-0.39, 0.29) is 11.9 Å². The summed E-state index contributed by atoms with van der Waals surface area (Å²) in [5.41, 5.74) is 2.58. The number of fused-ring (bicyclic) bond motifs is 4. The van der Waals surface area contributed by atoms with Crippen molar-refractivity contribution in [2.75, 3.05) is 18.1 Å². The maximum atomic E-state index is 13.0. The van der Waals surface area contributed by atoms with Crippen LogP contribution in [0.25, 0.3) is 0 Å². The van der Waals surface area contributed by atoms with Gasteiger partial charge in [0.2, 0.25) is 5.91 Å². The first kappa shape index (κ1) is 14.7. The van der Waals surface area contributed by atoms with Crippen molar-refractivity contribution in [3.63, 3.8) is 0 Å². The van der Waals surface area contributed by atoms with Gasteiger partial charge in [0.05, 0.1) is 18.5 Å². The van der Waals surface area contributed by atoms with Crippen LogP contribution in [0.15, 0.2) is 48.5 Å². The van der Waals surface area contributed by atoms with Crippen LogP contribution in [-0.2, 0) is 4.79 Å². The van der Waals surface area contributed by atoms with E-state index in [9.17, 15) is 9.90 Å². The summed E-state index contributed by atoms with van der Waals surface area (Å²) in [4.78, 5) is 16.9. The SMILES string of the molecule is O=C1[C@@H](c2ccc(Cl)cc2)N2CC[C@@H](O)c3ccccc3N1C2. The molecule has 4 nitrogen and oxygen atoms in total. The number of benzene rings is 2. The van der Waals surface area contributed by atoms with E-state index in [4.69, 9.17) is 11.6 Å². The summed E-state index contributed by atoms with van der Waals surface area (Å²) in [6.07, 6.45) is 0.0654. The van der Waals surface area contributed by atoms with E-state index < -0.39 is 6.10 Å². The molecule has 3 atom stereocenters. The number of aliphatic hydroxyl groups is 1. The highest BCUT2D eigenvalue weighted by atomic mass is 35.5. The first-order chi connectivity index (χ1) is 11.1. The van der Waals surface area contributed by atoms with E-state index in [2.05, 4.69) is 4.90 Å². The van der Waals surface area contributed by atoms with Crippen LogP contribution in [0, 0.1) is 0 Å². The average molecular weight is 329 g/mol. The maximum Gasteiger partial charge on any atom is 0.250 e. The molecule has 0 spiro atoms. The van der Waals surface area contributed by atoms with Gasteiger partial charge in [-0.2, -0.15) is 0 Å². The Bertz CT molecular complexity index is 747. The van der Waals surface area contributed by atoms with Gasteiger partial charge in [-0.1, -0.05) is 41.9 Å². The summed E-state index contributed by atoms with van der Waals surface area (Å²) in [5, 5.41) is 11.1. The zero-order valence-corrected chi connectivity index (χ0v) is 13.3. The van der Waals surface area contributed by atoms with Crippen LogP contribution in [0.5, 0.6) is 0 Å². The van der Waals surface area contributed by atoms with Crippen LogP contribution in [0.3, 0.4) is 0 Å². The van der Waals surface area contributed by atoms with Gasteiger partial charge < -0.3 is 5.11 Å². The topological polar surface area (TPSA) is 43.8 Å². The van der Waals surface area contributed by atoms with Crippen LogP contribution < -0.4 is 4.90 Å². The van der Waals surface area contributed by atoms with Gasteiger partial charge in [0, 0.05) is 17.1 Å². The van der Waals surface area contributed by atoms with Gasteiger partial charge in [0.25, 0.3) is 0 Å². The number of carbonyl (C=O) groups is 1. The number of hydrogen-bond acceptors (Lipinski definition) is 3. The molecule has 2 heterocycles. The predicted octanol–water partition coefficient (Wildman–Crippen LogP) is 3.12. The van der Waals surface area contributed by atoms with E-state index in [1.807, 2.05) is 48.5 Å². The minimum absolute atomic E-state index is 0.0499. The minimum Gasteiger partial charge on any atom is -0.388 e. The number of para-hydroxylation sites is 1. The molecule has 2 aliphatic rings. The van der Waals surface area contributed by atoms with E-state index in [0.29, 0.717) is 24.7 Å². The molecular weight excluding hydrogens is 312 g/mol. The largest absolute Gasteiger partial charge is 0.388 e. The molecule has 4 rings (SSSR count). The minimum atomic E-state index is -0.548. The second-order valence-electron chi connectivity index (χ2n) is 6.04. The maximum absolute atomic E-state index is 13.0. The fraction of sp³-hybridized carbons (Fsp3) is 0.278. The molecule has 118 valence electrons. The van der Waals surface area contributed by atoms with Crippen LogP contribution in [0.1, 0.15) is 29.7 Å². The molecule has 0 aromatic heterocycles. The van der Waals surface area contributed by atoms with Crippen molar-refractivity contribution in [3.05, 3.63) is 64.7 Å². The number of anilines is 1. The van der Waals surface area contributed by atoms with Gasteiger partial charge in [0.15, 0.2) is 0 Å². The van der Waals surface area contributed by atoms with E-state index in [1.165, 1.54) is 0 Å². The van der Waals surface area contributed by atoms with Crippen molar-refractivity contribution >= 4 is 23.2 Å². The Labute approximate surface area is 139 Å². The number of halogens is 1. The summed E-state index contributed by atoms with van der Waals surface area (Å²) >= 11 is 5.96. The lowest BCUT2D eigenvalue weighted by atomic mass is 10.0. The van der Waals surface area contributed by atoms with Gasteiger partial charge in [-0.25, -0.2) is 0 Å². The van der Waals surface area contributed by atoms with E-state index in [0.717, 1.165) is 16.8 Å². The highest BCUT2D eigenvalue weighted by molar-refractivity contribution is 6.30. The molecular formula is C18H17ClN2O2. The Hall–Kier alpha value is -1.88. The third-order valence-corrected chi connectivity index (χ3v) is 4.90. The smallest absolute Gasteiger partial charge is 0.250 e. The molecule has 1 amide bonds. The predicted molar refractivity (Wildman–Crippen MR) is 89.3 cm³/mol. The van der Waals surface area contributed by atoms with Gasteiger partial charge in [0.1, 0.15) is 6.04 Å². The summed E-state index contributed by atoms with van der Waals surface area (Å²) in [6, 6.07) is 14.7. The highest BCUT2D eigenvalue weighted by Crippen LogP contribution is 2.39. The first-order valence-electron chi connectivity index (χ1n) is 7.73. The van der Waals surface area contributed by atoms with Crippen LogP contribution >= 0.6 is 11.6 Å². The Morgan fingerprint density at radius 2 is 1.83 bits per heavy atom. The van der Waals surface area contributed by atoms with Gasteiger partial charge in [-0.3, -0.25) is 14.6 Å². The van der Waals surface area contributed by atoms with Crippen LogP contribution in [-0.4, -0.2) is 29.1 Å². The fourth-order valence-electron chi connectivity index (χ4n) is 3.49. The Balaban J connectivity index is 1.78. The number of hydrogen-bond donors (Lipinski definition) is 1. The molecule has 0 saturated carbocycles. The molecule has 0 aliphatic carbocycles. The molecule has 2 bridgehead atoms. The quantitative estimate of drug-likeness (QED) is 0.874. The van der Waals surface area contributed by atoms with Crippen molar-refractivity contribution in [2.45, 2.75) is 18.6 Å². The molecule has 1 unspecified atom stereocenters. The van der Waals surface area contributed by atoms with E-state index in [1.54, 1.807) is 4.90 Å². The standard InChI is InChI=1S/C18H17ClN2O2/c19-13-7-5-12(6-8-13)17-18(23)21-11-20(17)10-9-16(22)14-3-1-2-4-15(14)21/h1-8,16-17,22H,9-11H2/t16-,17-/m1/s1. The number of carbonyl (C=O) groups excluding carboxylic acids is 1. The Kier molecular flexibility index (Phi) is 3.60. The molecule has 2 aromatic rings. The zero-order valence-electron chi connectivity index (χ0n) is 12.5. The lowest BCUT2D eigenvalue weighted by Gasteiger charge is -2.27. The Morgan fingerprint density at radius 3 is 2.61 bits per heavy atom. The van der Waals surface area contributed by atoms with Gasteiger partial charge in [-0.15, -0.1) is 0 Å². The van der Waals surface area contributed by atoms with Crippen LogP contribution in [0.4, 0.5) is 5.69 Å². The lowest BCUT2D eigenvalue weighted by molar-refractivity contribution is -0.119. The molecule has 1 N–H and O–H groups in total. The summed E-state index contributed by atoms with van der Waals surface area (Å²) < 4.78 is 0. The normalized spacial score (nSPS) is 26.6. The zero-order chi connectivity index (χ0) is 16.0. The molecule has 5 heteroatoms. The van der Waals surface area contributed by atoms with Crippen LogP contribution in [0.2, 0.25) is 5.02 Å².